The van der Waals surface area contributed by atoms with Gasteiger partial charge in [0.15, 0.2) is 0 Å². The minimum atomic E-state index is -0.188. The quantitative estimate of drug-likeness (QED) is 0.632. The number of ether oxygens (including phenoxy) is 1. The molecule has 2 atom stereocenters. The summed E-state index contributed by atoms with van der Waals surface area (Å²) in [6, 6.07) is 0.246. The molecular weight excluding hydrogens is 190 g/mol. The van der Waals surface area contributed by atoms with Crippen LogP contribution in [0.15, 0.2) is 0 Å². The van der Waals surface area contributed by atoms with Crippen molar-refractivity contribution in [1.82, 2.24) is 5.32 Å². The molecule has 15 heavy (non-hydrogen) atoms. The summed E-state index contributed by atoms with van der Waals surface area (Å²) in [5.74, 6) is -0.146. The van der Waals surface area contributed by atoms with Gasteiger partial charge in [0.05, 0.1) is 6.61 Å². The number of carbonyl (C=O) groups is 1. The molecule has 0 radical (unpaired) electrons. The Morgan fingerprint density at radius 2 is 2.00 bits per heavy atom. The van der Waals surface area contributed by atoms with Crippen molar-refractivity contribution in [2.45, 2.75) is 65.5 Å². The van der Waals surface area contributed by atoms with Crippen molar-refractivity contribution >= 4 is 5.97 Å². The van der Waals surface area contributed by atoms with Gasteiger partial charge >= 0.3 is 5.97 Å². The van der Waals surface area contributed by atoms with E-state index in [9.17, 15) is 4.79 Å². The van der Waals surface area contributed by atoms with Gasteiger partial charge in [0, 0.05) is 6.04 Å². The highest BCUT2D eigenvalue weighted by Crippen LogP contribution is 2.05. The Kier molecular flexibility index (Phi) is 8.38. The van der Waals surface area contributed by atoms with Gasteiger partial charge in [0.25, 0.3) is 0 Å². The topological polar surface area (TPSA) is 38.3 Å². The van der Waals surface area contributed by atoms with Gasteiger partial charge in [-0.1, -0.05) is 26.7 Å². The summed E-state index contributed by atoms with van der Waals surface area (Å²) >= 11 is 0. The van der Waals surface area contributed by atoms with Crippen LogP contribution in [-0.2, 0) is 9.53 Å². The van der Waals surface area contributed by atoms with Crippen molar-refractivity contribution in [2.24, 2.45) is 0 Å². The molecule has 0 saturated heterocycles. The molecule has 0 saturated carbocycles. The lowest BCUT2D eigenvalue weighted by atomic mass is 10.1. The van der Waals surface area contributed by atoms with E-state index in [2.05, 4.69) is 19.2 Å². The summed E-state index contributed by atoms with van der Waals surface area (Å²) in [5, 5.41) is 3.31. The van der Waals surface area contributed by atoms with Gasteiger partial charge in [0.2, 0.25) is 0 Å². The average molecular weight is 215 g/mol. The Hall–Kier alpha value is -0.570. The molecule has 0 bridgehead atoms. The van der Waals surface area contributed by atoms with Crippen LogP contribution < -0.4 is 5.32 Å². The van der Waals surface area contributed by atoms with Crippen LogP contribution in [0.25, 0.3) is 0 Å². The van der Waals surface area contributed by atoms with Crippen LogP contribution in [0.4, 0.5) is 0 Å². The third-order valence-corrected chi connectivity index (χ3v) is 2.52. The molecule has 90 valence electrons. The van der Waals surface area contributed by atoms with Gasteiger partial charge in [-0.25, -0.2) is 0 Å². The highest BCUT2D eigenvalue weighted by Gasteiger charge is 2.16. The number of hydrogen-bond acceptors (Lipinski definition) is 3. The largest absolute Gasteiger partial charge is 0.465 e. The molecule has 0 aromatic carbocycles. The van der Waals surface area contributed by atoms with Crippen LogP contribution in [-0.4, -0.2) is 24.7 Å². The van der Waals surface area contributed by atoms with E-state index in [1.807, 2.05) is 13.8 Å². The second kappa shape index (κ2) is 8.72. The van der Waals surface area contributed by atoms with Crippen LogP contribution >= 0.6 is 0 Å². The number of hydrogen-bond donors (Lipinski definition) is 1. The van der Waals surface area contributed by atoms with Gasteiger partial charge in [0.1, 0.15) is 6.04 Å². The molecule has 0 heterocycles. The fourth-order valence-corrected chi connectivity index (χ4v) is 1.54. The summed E-state index contributed by atoms with van der Waals surface area (Å²) in [5.41, 5.74) is 0. The summed E-state index contributed by atoms with van der Waals surface area (Å²) < 4.78 is 4.95. The van der Waals surface area contributed by atoms with E-state index in [1.165, 1.54) is 12.8 Å². The van der Waals surface area contributed by atoms with E-state index in [0.29, 0.717) is 12.6 Å². The smallest absolute Gasteiger partial charge is 0.322 e. The number of unbranched alkanes of at least 4 members (excludes halogenated alkanes) is 1. The van der Waals surface area contributed by atoms with Crippen molar-refractivity contribution in [1.29, 1.82) is 0 Å². The summed E-state index contributed by atoms with van der Waals surface area (Å²) in [4.78, 5) is 11.4. The molecule has 0 aromatic rings. The highest BCUT2D eigenvalue weighted by atomic mass is 16.5. The summed E-state index contributed by atoms with van der Waals surface area (Å²) in [6.45, 7) is 8.48. The van der Waals surface area contributed by atoms with E-state index in [-0.39, 0.29) is 12.0 Å². The van der Waals surface area contributed by atoms with Crippen LogP contribution in [0, 0.1) is 0 Å². The fourth-order valence-electron chi connectivity index (χ4n) is 1.54. The van der Waals surface area contributed by atoms with E-state index >= 15 is 0 Å². The zero-order valence-electron chi connectivity index (χ0n) is 10.5. The van der Waals surface area contributed by atoms with Crippen LogP contribution in [0.3, 0.4) is 0 Å². The molecule has 0 amide bonds. The molecule has 0 aliphatic carbocycles. The number of nitrogens with one attached hydrogen (secondary N) is 1. The maximum absolute atomic E-state index is 11.4. The molecular formula is C12H25NO2. The maximum Gasteiger partial charge on any atom is 0.322 e. The van der Waals surface area contributed by atoms with Crippen molar-refractivity contribution in [3.05, 3.63) is 0 Å². The van der Waals surface area contributed by atoms with Gasteiger partial charge in [-0.15, -0.1) is 0 Å². The normalized spacial score (nSPS) is 14.7. The first-order valence-corrected chi connectivity index (χ1v) is 6.08. The predicted molar refractivity (Wildman–Crippen MR) is 62.8 cm³/mol. The zero-order chi connectivity index (χ0) is 11.7. The van der Waals surface area contributed by atoms with E-state index in [4.69, 9.17) is 4.74 Å². The monoisotopic (exact) mass is 215 g/mol. The molecule has 0 fully saturated rings. The summed E-state index contributed by atoms with van der Waals surface area (Å²) in [7, 11) is 0. The van der Waals surface area contributed by atoms with Gasteiger partial charge in [-0.05, 0) is 26.7 Å². The first kappa shape index (κ1) is 14.4. The van der Waals surface area contributed by atoms with Gasteiger partial charge in [-0.2, -0.15) is 0 Å². The van der Waals surface area contributed by atoms with Crippen molar-refractivity contribution in [3.8, 4) is 0 Å². The van der Waals surface area contributed by atoms with Crippen LogP contribution in [0.2, 0.25) is 0 Å². The highest BCUT2D eigenvalue weighted by molar-refractivity contribution is 5.75. The second-order valence-electron chi connectivity index (χ2n) is 3.89. The van der Waals surface area contributed by atoms with Crippen LogP contribution in [0.1, 0.15) is 53.4 Å². The Morgan fingerprint density at radius 1 is 1.33 bits per heavy atom. The van der Waals surface area contributed by atoms with E-state index in [1.54, 1.807) is 0 Å². The second-order valence-corrected chi connectivity index (χ2v) is 3.89. The first-order valence-electron chi connectivity index (χ1n) is 6.08. The van der Waals surface area contributed by atoms with Crippen molar-refractivity contribution in [2.75, 3.05) is 6.61 Å². The Balaban J connectivity index is 3.88. The Bertz CT molecular complexity index is 171. The third-order valence-electron chi connectivity index (χ3n) is 2.52. The minimum Gasteiger partial charge on any atom is -0.465 e. The van der Waals surface area contributed by atoms with Gasteiger partial charge < -0.3 is 10.1 Å². The molecule has 0 aromatic heterocycles. The van der Waals surface area contributed by atoms with Gasteiger partial charge in [-0.3, -0.25) is 4.79 Å². The third kappa shape index (κ3) is 6.50. The molecule has 0 aliphatic rings. The molecule has 0 aliphatic heterocycles. The fraction of sp³-hybridized carbons (Fsp3) is 0.917. The lowest BCUT2D eigenvalue weighted by Crippen LogP contribution is -2.42. The molecule has 0 spiro atoms. The van der Waals surface area contributed by atoms with E-state index in [0.717, 1.165) is 12.8 Å². The molecule has 3 nitrogen and oxygen atoms in total. The van der Waals surface area contributed by atoms with Crippen LogP contribution in [0.5, 0.6) is 0 Å². The summed E-state index contributed by atoms with van der Waals surface area (Å²) in [6.07, 6.45) is 4.60. The average Bonchev–Trinajstić information content (AvgIpc) is 2.24. The van der Waals surface area contributed by atoms with E-state index < -0.39 is 0 Å². The molecule has 3 heteroatoms. The first-order chi connectivity index (χ1) is 7.15. The lowest BCUT2D eigenvalue weighted by molar-refractivity contribution is -0.145. The molecule has 0 rings (SSSR count). The minimum absolute atomic E-state index is 0.146. The zero-order valence-corrected chi connectivity index (χ0v) is 10.5. The maximum atomic E-state index is 11.4. The van der Waals surface area contributed by atoms with Crippen molar-refractivity contribution < 1.29 is 9.53 Å². The molecule has 2 unspecified atom stereocenters. The molecule has 1 N–H and O–H groups in total. The lowest BCUT2D eigenvalue weighted by Gasteiger charge is -2.20. The Morgan fingerprint density at radius 3 is 2.47 bits per heavy atom. The number of carbonyl (C=O) groups excluding carboxylic acids is 1. The van der Waals surface area contributed by atoms with Crippen molar-refractivity contribution in [3.63, 3.8) is 0 Å². The SMILES string of the molecule is CCCCC(CC)NC(C)C(=O)OCC. The standard InChI is InChI=1S/C12H25NO2/c1-5-8-9-11(6-2)13-10(4)12(14)15-7-3/h10-11,13H,5-9H2,1-4H3. The Labute approximate surface area is 93.6 Å². The number of esters is 1. The number of rotatable bonds is 8. The predicted octanol–water partition coefficient (Wildman–Crippen LogP) is 2.50.